The van der Waals surface area contributed by atoms with Gasteiger partial charge in [0.15, 0.2) is 0 Å². The molecular formula is C19H22N4. The second-order valence-corrected chi connectivity index (χ2v) is 6.49. The summed E-state index contributed by atoms with van der Waals surface area (Å²) in [5.74, 6) is 1.33. The molecule has 1 fully saturated rings. The van der Waals surface area contributed by atoms with Crippen LogP contribution in [0.25, 0.3) is 11.0 Å². The third-order valence-corrected chi connectivity index (χ3v) is 4.85. The molecule has 1 saturated heterocycles. The molecule has 0 radical (unpaired) electrons. The van der Waals surface area contributed by atoms with E-state index in [1.807, 2.05) is 13.1 Å². The smallest absolute Gasteiger partial charge is 0.126 e. The first-order valence-electron chi connectivity index (χ1n) is 8.33. The lowest BCUT2D eigenvalue weighted by Gasteiger charge is -2.30. The molecule has 1 aliphatic rings. The molecule has 2 N–H and O–H groups in total. The Morgan fingerprint density at radius 1 is 1.09 bits per heavy atom. The van der Waals surface area contributed by atoms with E-state index in [2.05, 4.69) is 52.5 Å². The molecule has 0 spiro atoms. The van der Waals surface area contributed by atoms with Gasteiger partial charge in [-0.3, -0.25) is 0 Å². The minimum atomic E-state index is 0.399. The van der Waals surface area contributed by atoms with Crippen molar-refractivity contribution in [2.24, 2.45) is 0 Å². The van der Waals surface area contributed by atoms with E-state index >= 15 is 0 Å². The Bertz CT molecular complexity index is 822. The molecule has 1 aromatic carbocycles. The van der Waals surface area contributed by atoms with E-state index in [1.165, 1.54) is 16.8 Å². The topological polar surface area (TPSA) is 53.6 Å². The molecule has 2 atom stereocenters. The van der Waals surface area contributed by atoms with Gasteiger partial charge in [0.2, 0.25) is 0 Å². The van der Waals surface area contributed by atoms with Gasteiger partial charge in [-0.05, 0) is 44.4 Å². The fourth-order valence-electron chi connectivity index (χ4n) is 3.67. The second kappa shape index (κ2) is 5.78. The molecule has 118 valence electrons. The molecule has 3 heterocycles. The first kappa shape index (κ1) is 14.4. The van der Waals surface area contributed by atoms with Crippen molar-refractivity contribution in [2.75, 3.05) is 6.54 Å². The third-order valence-electron chi connectivity index (χ3n) is 4.85. The average molecular weight is 306 g/mol. The van der Waals surface area contributed by atoms with E-state index in [0.29, 0.717) is 12.0 Å². The number of hydrogen-bond acceptors (Lipinski definition) is 3. The van der Waals surface area contributed by atoms with E-state index in [1.54, 1.807) is 0 Å². The molecule has 4 heteroatoms. The standard InChI is InChI=1S/C19H22N4/c1-12-11-21-19-17(12)22-13(2)23-18(19)15-8-9-20-16(10-15)14-6-4-3-5-7-14/h3-7,11,15-16,20-21H,8-10H2,1-2H3. The van der Waals surface area contributed by atoms with E-state index in [9.17, 15) is 0 Å². The molecule has 2 unspecified atom stereocenters. The van der Waals surface area contributed by atoms with Crippen molar-refractivity contribution >= 4 is 11.0 Å². The van der Waals surface area contributed by atoms with Crippen molar-refractivity contribution in [3.63, 3.8) is 0 Å². The molecule has 1 aliphatic heterocycles. The lowest BCUT2D eigenvalue weighted by Crippen LogP contribution is -2.31. The summed E-state index contributed by atoms with van der Waals surface area (Å²) in [5, 5.41) is 3.65. The maximum Gasteiger partial charge on any atom is 0.126 e. The number of aromatic nitrogens is 3. The molecule has 0 bridgehead atoms. The third kappa shape index (κ3) is 2.63. The van der Waals surface area contributed by atoms with E-state index in [0.717, 1.165) is 36.2 Å². The molecule has 0 saturated carbocycles. The van der Waals surface area contributed by atoms with Crippen LogP contribution in [-0.2, 0) is 0 Å². The van der Waals surface area contributed by atoms with Crippen LogP contribution in [0.4, 0.5) is 0 Å². The van der Waals surface area contributed by atoms with Crippen LogP contribution in [-0.4, -0.2) is 21.5 Å². The van der Waals surface area contributed by atoms with Crippen molar-refractivity contribution in [2.45, 2.75) is 38.6 Å². The number of hydrogen-bond donors (Lipinski definition) is 2. The summed E-state index contributed by atoms with van der Waals surface area (Å²) in [6.45, 7) is 5.11. The fraction of sp³-hybridized carbons (Fsp3) is 0.368. The van der Waals surface area contributed by atoms with Gasteiger partial charge in [-0.15, -0.1) is 0 Å². The predicted molar refractivity (Wildman–Crippen MR) is 92.5 cm³/mol. The Kier molecular flexibility index (Phi) is 3.62. The molecule has 0 aliphatic carbocycles. The highest BCUT2D eigenvalue weighted by Gasteiger charge is 2.27. The van der Waals surface area contributed by atoms with Crippen LogP contribution in [0.2, 0.25) is 0 Å². The Labute approximate surface area is 136 Å². The van der Waals surface area contributed by atoms with Gasteiger partial charge in [0, 0.05) is 18.2 Å². The van der Waals surface area contributed by atoms with Gasteiger partial charge < -0.3 is 10.3 Å². The van der Waals surface area contributed by atoms with Crippen molar-refractivity contribution in [3.8, 4) is 0 Å². The molecule has 2 aromatic heterocycles. The Balaban J connectivity index is 1.70. The average Bonchev–Trinajstić information content (AvgIpc) is 2.96. The fourth-order valence-corrected chi connectivity index (χ4v) is 3.67. The summed E-state index contributed by atoms with van der Waals surface area (Å²) in [7, 11) is 0. The predicted octanol–water partition coefficient (Wildman–Crippen LogP) is 3.78. The number of nitrogens with one attached hydrogen (secondary N) is 2. The number of benzene rings is 1. The zero-order valence-corrected chi connectivity index (χ0v) is 13.6. The first-order valence-corrected chi connectivity index (χ1v) is 8.33. The van der Waals surface area contributed by atoms with Crippen molar-refractivity contribution in [3.05, 3.63) is 59.2 Å². The van der Waals surface area contributed by atoms with Crippen molar-refractivity contribution in [1.29, 1.82) is 0 Å². The van der Waals surface area contributed by atoms with Crippen LogP contribution in [0, 0.1) is 13.8 Å². The summed E-state index contributed by atoms with van der Waals surface area (Å²) < 4.78 is 0. The SMILES string of the molecule is Cc1nc(C2CCNC(c3ccccc3)C2)c2[nH]cc(C)c2n1. The van der Waals surface area contributed by atoms with Gasteiger partial charge in [-0.25, -0.2) is 9.97 Å². The lowest BCUT2D eigenvalue weighted by atomic mass is 9.86. The maximum absolute atomic E-state index is 4.80. The maximum atomic E-state index is 4.80. The molecule has 3 aromatic rings. The van der Waals surface area contributed by atoms with Gasteiger partial charge in [0.1, 0.15) is 5.82 Å². The number of aryl methyl sites for hydroxylation is 2. The number of piperidine rings is 1. The van der Waals surface area contributed by atoms with Gasteiger partial charge >= 0.3 is 0 Å². The molecule has 4 nitrogen and oxygen atoms in total. The zero-order valence-electron chi connectivity index (χ0n) is 13.6. The van der Waals surface area contributed by atoms with Crippen LogP contribution in [0.1, 0.15) is 47.4 Å². The minimum absolute atomic E-state index is 0.399. The van der Waals surface area contributed by atoms with Crippen LogP contribution >= 0.6 is 0 Å². The van der Waals surface area contributed by atoms with Gasteiger partial charge in [-0.1, -0.05) is 30.3 Å². The van der Waals surface area contributed by atoms with Gasteiger partial charge in [-0.2, -0.15) is 0 Å². The van der Waals surface area contributed by atoms with Crippen LogP contribution in [0.3, 0.4) is 0 Å². The van der Waals surface area contributed by atoms with Crippen LogP contribution in [0.15, 0.2) is 36.5 Å². The summed E-state index contributed by atoms with van der Waals surface area (Å²) in [6, 6.07) is 11.1. The number of aromatic amines is 1. The number of nitrogens with zero attached hydrogens (tertiary/aromatic N) is 2. The van der Waals surface area contributed by atoms with E-state index < -0.39 is 0 Å². The lowest BCUT2D eigenvalue weighted by molar-refractivity contribution is 0.366. The minimum Gasteiger partial charge on any atom is -0.358 e. The molecule has 23 heavy (non-hydrogen) atoms. The van der Waals surface area contributed by atoms with Crippen LogP contribution < -0.4 is 5.32 Å². The highest BCUT2D eigenvalue weighted by Crippen LogP contribution is 2.36. The molecular weight excluding hydrogens is 284 g/mol. The molecule has 0 amide bonds. The quantitative estimate of drug-likeness (QED) is 0.757. The summed E-state index contributed by atoms with van der Waals surface area (Å²) in [6.07, 6.45) is 4.23. The Morgan fingerprint density at radius 3 is 2.74 bits per heavy atom. The summed E-state index contributed by atoms with van der Waals surface area (Å²) in [4.78, 5) is 12.8. The zero-order chi connectivity index (χ0) is 15.8. The summed E-state index contributed by atoms with van der Waals surface area (Å²) in [5.41, 5.74) is 5.93. The first-order chi connectivity index (χ1) is 11.2. The Hall–Kier alpha value is -2.20. The van der Waals surface area contributed by atoms with E-state index in [-0.39, 0.29) is 0 Å². The van der Waals surface area contributed by atoms with Gasteiger partial charge in [0.25, 0.3) is 0 Å². The number of H-pyrrole nitrogens is 1. The van der Waals surface area contributed by atoms with E-state index in [4.69, 9.17) is 4.98 Å². The number of rotatable bonds is 2. The second-order valence-electron chi connectivity index (χ2n) is 6.49. The summed E-state index contributed by atoms with van der Waals surface area (Å²) >= 11 is 0. The molecule has 4 rings (SSSR count). The normalized spacial score (nSPS) is 21.7. The van der Waals surface area contributed by atoms with Crippen LogP contribution in [0.5, 0.6) is 0 Å². The van der Waals surface area contributed by atoms with Gasteiger partial charge in [0.05, 0.1) is 16.7 Å². The number of fused-ring (bicyclic) bond motifs is 1. The van der Waals surface area contributed by atoms with Crippen molar-refractivity contribution < 1.29 is 0 Å². The monoisotopic (exact) mass is 306 g/mol. The van der Waals surface area contributed by atoms with Crippen molar-refractivity contribution in [1.82, 2.24) is 20.3 Å². The highest BCUT2D eigenvalue weighted by molar-refractivity contribution is 5.81. The highest BCUT2D eigenvalue weighted by atomic mass is 15.0. The largest absolute Gasteiger partial charge is 0.358 e. The Morgan fingerprint density at radius 2 is 1.91 bits per heavy atom.